The summed E-state index contributed by atoms with van der Waals surface area (Å²) < 4.78 is 33.3. The van der Waals surface area contributed by atoms with Gasteiger partial charge in [0.25, 0.3) is 10.2 Å². The second-order valence-electron chi connectivity index (χ2n) is 4.47. The van der Waals surface area contributed by atoms with Crippen LogP contribution in [0.4, 0.5) is 5.69 Å². The summed E-state index contributed by atoms with van der Waals surface area (Å²) in [4.78, 5) is 0. The van der Waals surface area contributed by atoms with E-state index in [1.807, 2.05) is 19.1 Å². The van der Waals surface area contributed by atoms with Crippen LogP contribution in [0.15, 0.2) is 18.2 Å². The molecule has 0 aromatic heterocycles. The Labute approximate surface area is 113 Å². The van der Waals surface area contributed by atoms with Crippen LogP contribution in [-0.2, 0) is 21.5 Å². The Morgan fingerprint density at radius 3 is 2.74 bits per heavy atom. The summed E-state index contributed by atoms with van der Waals surface area (Å²) in [5.41, 5.74) is 8.26. The van der Waals surface area contributed by atoms with Gasteiger partial charge >= 0.3 is 0 Å². The first kappa shape index (κ1) is 14.3. The molecule has 19 heavy (non-hydrogen) atoms. The molecule has 2 rings (SSSR count). The minimum atomic E-state index is -3.45. The second kappa shape index (κ2) is 5.87. The lowest BCUT2D eigenvalue weighted by molar-refractivity contribution is 0.0725. The highest BCUT2D eigenvalue weighted by molar-refractivity contribution is 7.87. The van der Waals surface area contributed by atoms with Gasteiger partial charge in [0.1, 0.15) is 0 Å². The van der Waals surface area contributed by atoms with Crippen molar-refractivity contribution in [2.75, 3.05) is 32.0 Å². The van der Waals surface area contributed by atoms with Gasteiger partial charge in [-0.1, -0.05) is 12.1 Å². The smallest absolute Gasteiger partial charge is 0.279 e. The van der Waals surface area contributed by atoms with Gasteiger partial charge in [0.2, 0.25) is 0 Å². The molecular weight excluding hydrogens is 266 g/mol. The molecule has 1 saturated heterocycles. The van der Waals surface area contributed by atoms with Crippen LogP contribution in [0.2, 0.25) is 0 Å². The first-order valence-corrected chi connectivity index (χ1v) is 7.61. The summed E-state index contributed by atoms with van der Waals surface area (Å²) in [7, 11) is -3.45. The number of nitrogens with one attached hydrogen (secondary N) is 1. The third-order valence-electron chi connectivity index (χ3n) is 3.24. The summed E-state index contributed by atoms with van der Waals surface area (Å²) in [5.74, 6) is 0. The van der Waals surface area contributed by atoms with Gasteiger partial charge in [-0.05, 0) is 24.1 Å². The predicted molar refractivity (Wildman–Crippen MR) is 73.7 cm³/mol. The Hall–Kier alpha value is -1.15. The number of morpholine rings is 1. The van der Waals surface area contributed by atoms with Crippen LogP contribution < -0.4 is 10.5 Å². The molecule has 1 aromatic rings. The molecule has 106 valence electrons. The van der Waals surface area contributed by atoms with Crippen molar-refractivity contribution in [2.45, 2.75) is 13.5 Å². The Bertz CT molecular complexity index is 539. The van der Waals surface area contributed by atoms with Crippen molar-refractivity contribution in [1.82, 2.24) is 9.03 Å². The molecular formula is C12H19N3O3S. The van der Waals surface area contributed by atoms with E-state index in [0.717, 1.165) is 11.1 Å². The van der Waals surface area contributed by atoms with E-state index in [0.29, 0.717) is 32.0 Å². The Kier molecular flexibility index (Phi) is 4.41. The quantitative estimate of drug-likeness (QED) is 0.776. The minimum Gasteiger partial charge on any atom is -0.399 e. The largest absolute Gasteiger partial charge is 0.399 e. The van der Waals surface area contributed by atoms with E-state index in [4.69, 9.17) is 10.5 Å². The zero-order valence-electron chi connectivity index (χ0n) is 10.9. The highest BCUT2D eigenvalue weighted by Gasteiger charge is 2.23. The molecule has 3 N–H and O–H groups in total. The summed E-state index contributed by atoms with van der Waals surface area (Å²) >= 11 is 0. The van der Waals surface area contributed by atoms with Crippen LogP contribution in [0.25, 0.3) is 0 Å². The van der Waals surface area contributed by atoms with Gasteiger partial charge in [0.05, 0.1) is 13.2 Å². The second-order valence-corrected chi connectivity index (χ2v) is 6.22. The summed E-state index contributed by atoms with van der Waals surface area (Å²) in [6.45, 7) is 3.80. The van der Waals surface area contributed by atoms with E-state index >= 15 is 0 Å². The summed E-state index contributed by atoms with van der Waals surface area (Å²) in [6, 6.07) is 5.49. The van der Waals surface area contributed by atoms with Gasteiger partial charge in [-0.15, -0.1) is 0 Å². The van der Waals surface area contributed by atoms with Crippen molar-refractivity contribution in [3.63, 3.8) is 0 Å². The maximum atomic E-state index is 12.1. The fraction of sp³-hybridized carbons (Fsp3) is 0.500. The van der Waals surface area contributed by atoms with Crippen LogP contribution in [0.1, 0.15) is 11.1 Å². The van der Waals surface area contributed by atoms with Gasteiger partial charge in [-0.3, -0.25) is 0 Å². The maximum absolute atomic E-state index is 12.1. The molecule has 0 amide bonds. The number of nitrogens with two attached hydrogens (primary N) is 1. The summed E-state index contributed by atoms with van der Waals surface area (Å²) in [6.07, 6.45) is 0. The van der Waals surface area contributed by atoms with Crippen LogP contribution >= 0.6 is 0 Å². The molecule has 6 nitrogen and oxygen atoms in total. The Balaban J connectivity index is 2.03. The molecule has 1 aliphatic rings. The van der Waals surface area contributed by atoms with Crippen LogP contribution in [0.5, 0.6) is 0 Å². The molecule has 0 saturated carbocycles. The van der Waals surface area contributed by atoms with Crippen LogP contribution in [0.3, 0.4) is 0 Å². The normalized spacial score (nSPS) is 17.5. The third-order valence-corrected chi connectivity index (χ3v) is 4.80. The molecule has 1 aromatic carbocycles. The maximum Gasteiger partial charge on any atom is 0.279 e. The number of hydrogen-bond acceptors (Lipinski definition) is 4. The van der Waals surface area contributed by atoms with Gasteiger partial charge in [-0.25, -0.2) is 0 Å². The minimum absolute atomic E-state index is 0.247. The van der Waals surface area contributed by atoms with Crippen molar-refractivity contribution in [1.29, 1.82) is 0 Å². The van der Waals surface area contributed by atoms with Crippen LogP contribution in [-0.4, -0.2) is 39.0 Å². The van der Waals surface area contributed by atoms with E-state index in [-0.39, 0.29) is 6.54 Å². The average molecular weight is 285 g/mol. The third kappa shape index (κ3) is 3.44. The standard InChI is InChI=1S/C12H19N3O3S/c1-10-11(3-2-4-12(10)13)9-14-19(16,17)15-5-7-18-8-6-15/h2-4,14H,5-9,13H2,1H3. The van der Waals surface area contributed by atoms with E-state index in [2.05, 4.69) is 4.72 Å². The molecule has 1 aliphatic heterocycles. The fourth-order valence-corrected chi connectivity index (χ4v) is 3.09. The Morgan fingerprint density at radius 1 is 1.37 bits per heavy atom. The molecule has 0 spiro atoms. The number of benzene rings is 1. The molecule has 1 heterocycles. The van der Waals surface area contributed by atoms with E-state index in [1.54, 1.807) is 6.07 Å². The lowest BCUT2D eigenvalue weighted by Crippen LogP contribution is -2.46. The van der Waals surface area contributed by atoms with Crippen molar-refractivity contribution >= 4 is 15.9 Å². The zero-order chi connectivity index (χ0) is 13.9. The first-order valence-electron chi connectivity index (χ1n) is 6.17. The molecule has 0 bridgehead atoms. The van der Waals surface area contributed by atoms with E-state index in [1.165, 1.54) is 4.31 Å². The van der Waals surface area contributed by atoms with E-state index in [9.17, 15) is 8.42 Å². The molecule has 0 unspecified atom stereocenters. The summed E-state index contributed by atoms with van der Waals surface area (Å²) in [5, 5.41) is 0. The van der Waals surface area contributed by atoms with Crippen molar-refractivity contribution in [2.24, 2.45) is 0 Å². The molecule has 1 fully saturated rings. The van der Waals surface area contributed by atoms with Gasteiger partial charge in [-0.2, -0.15) is 17.4 Å². The first-order chi connectivity index (χ1) is 9.00. The fourth-order valence-electron chi connectivity index (χ4n) is 1.94. The van der Waals surface area contributed by atoms with Crippen molar-refractivity contribution < 1.29 is 13.2 Å². The molecule has 0 radical (unpaired) electrons. The lowest BCUT2D eigenvalue weighted by atomic mass is 10.1. The Morgan fingerprint density at radius 2 is 2.05 bits per heavy atom. The number of anilines is 1. The number of nitrogen functional groups attached to an aromatic ring is 1. The molecule has 0 aliphatic carbocycles. The molecule has 7 heteroatoms. The van der Waals surface area contributed by atoms with Gasteiger partial charge in [0, 0.05) is 25.3 Å². The van der Waals surface area contributed by atoms with E-state index < -0.39 is 10.2 Å². The van der Waals surface area contributed by atoms with Gasteiger partial charge in [0.15, 0.2) is 0 Å². The highest BCUT2D eigenvalue weighted by atomic mass is 32.2. The number of ether oxygens (including phenoxy) is 1. The number of nitrogens with zero attached hydrogens (tertiary/aromatic N) is 1. The SMILES string of the molecule is Cc1c(N)cccc1CNS(=O)(=O)N1CCOCC1. The number of rotatable bonds is 4. The van der Waals surface area contributed by atoms with Crippen molar-refractivity contribution in [3.8, 4) is 0 Å². The zero-order valence-corrected chi connectivity index (χ0v) is 11.7. The average Bonchev–Trinajstić information content (AvgIpc) is 2.41. The topological polar surface area (TPSA) is 84.7 Å². The predicted octanol–water partition coefficient (Wildman–Crippen LogP) is 0.244. The van der Waals surface area contributed by atoms with Gasteiger partial charge < -0.3 is 10.5 Å². The number of hydrogen-bond donors (Lipinski definition) is 2. The highest BCUT2D eigenvalue weighted by Crippen LogP contribution is 2.15. The monoisotopic (exact) mass is 285 g/mol. The van der Waals surface area contributed by atoms with Crippen molar-refractivity contribution in [3.05, 3.63) is 29.3 Å². The lowest BCUT2D eigenvalue weighted by Gasteiger charge is -2.26. The molecule has 0 atom stereocenters. The van der Waals surface area contributed by atoms with Crippen LogP contribution in [0, 0.1) is 6.92 Å².